The zero-order valence-electron chi connectivity index (χ0n) is 26.1. The zero-order chi connectivity index (χ0) is 32.0. The second kappa shape index (κ2) is 11.5. The Morgan fingerprint density at radius 1 is 0.953 bits per heavy atom. The van der Waals surface area contributed by atoms with E-state index >= 15 is 0 Å². The summed E-state index contributed by atoms with van der Waals surface area (Å²) in [5.41, 5.74) is -1.18. The molecule has 250 valence electrons. The summed E-state index contributed by atoms with van der Waals surface area (Å²) in [6.45, 7) is 12.7. The minimum absolute atomic E-state index is 0.0321. The van der Waals surface area contributed by atoms with Gasteiger partial charge in [0, 0.05) is 13.0 Å². The van der Waals surface area contributed by atoms with E-state index in [0.717, 1.165) is 13.5 Å². The molecule has 5 rings (SSSR count). The Morgan fingerprint density at radius 3 is 2.16 bits per heavy atom. The van der Waals surface area contributed by atoms with Crippen molar-refractivity contribution in [2.24, 2.45) is 58.2 Å². The van der Waals surface area contributed by atoms with E-state index in [4.69, 9.17) is 18.0 Å². The van der Waals surface area contributed by atoms with E-state index in [-0.39, 0.29) is 36.2 Å². The molecule has 0 aromatic heterocycles. The number of ether oxygens (including phenoxy) is 1. The van der Waals surface area contributed by atoms with Crippen LogP contribution < -0.4 is 0 Å². The third-order valence-corrected chi connectivity index (χ3v) is 14.2. The largest absolute Gasteiger partial charge is 0.472 e. The van der Waals surface area contributed by atoms with Crippen molar-refractivity contribution in [2.75, 3.05) is 7.11 Å². The maximum Gasteiger partial charge on any atom is 0.472 e. The Balaban J connectivity index is 1.56. The first-order chi connectivity index (χ1) is 19.8. The number of aliphatic hydroxyl groups excluding tert-OH is 3. The van der Waals surface area contributed by atoms with Gasteiger partial charge < -0.3 is 24.9 Å². The molecule has 0 aromatic carbocycles. The quantitative estimate of drug-likeness (QED) is 0.200. The fourth-order valence-electron chi connectivity index (χ4n) is 10.6. The van der Waals surface area contributed by atoms with Gasteiger partial charge in [0.1, 0.15) is 6.10 Å². The Bertz CT molecular complexity index is 1200. The smallest absolute Gasteiger partial charge is 0.390 e. The summed E-state index contributed by atoms with van der Waals surface area (Å²) >= 11 is 0. The highest BCUT2D eigenvalue weighted by atomic mass is 32.3. The molecule has 0 aromatic rings. The van der Waals surface area contributed by atoms with Crippen molar-refractivity contribution in [3.8, 4) is 0 Å². The summed E-state index contributed by atoms with van der Waals surface area (Å²) in [7, 11) is -8.22. The number of hydrogen-bond donors (Lipinski definition) is 5. The van der Waals surface area contributed by atoms with E-state index in [1.54, 1.807) is 0 Å². The van der Waals surface area contributed by atoms with Crippen LogP contribution in [0.1, 0.15) is 73.6 Å². The zero-order valence-corrected chi connectivity index (χ0v) is 27.9. The van der Waals surface area contributed by atoms with E-state index in [1.807, 2.05) is 6.92 Å². The Labute approximate surface area is 255 Å². The van der Waals surface area contributed by atoms with Crippen molar-refractivity contribution >= 4 is 18.2 Å². The lowest BCUT2D eigenvalue weighted by Gasteiger charge is -2.64. The number of aliphatic hydroxyl groups is 3. The van der Waals surface area contributed by atoms with Gasteiger partial charge in [0.05, 0.1) is 36.6 Å². The van der Waals surface area contributed by atoms with E-state index in [1.165, 1.54) is 0 Å². The molecule has 17 atom stereocenters. The predicted molar refractivity (Wildman–Crippen MR) is 155 cm³/mol. The Hall–Kier alpha value is -0.180. The van der Waals surface area contributed by atoms with Crippen LogP contribution >= 0.6 is 7.82 Å². The number of phosphoric ester groups is 1. The number of rotatable bonds is 7. The molecule has 0 spiro atoms. The fraction of sp³-hybridized carbons (Fsp3) is 1.00. The molecule has 5 N–H and O–H groups in total. The van der Waals surface area contributed by atoms with Crippen LogP contribution in [0.3, 0.4) is 0 Å². The number of hydrogen-bond acceptors (Lipinski definition) is 10. The summed E-state index contributed by atoms with van der Waals surface area (Å²) in [6, 6.07) is 0. The van der Waals surface area contributed by atoms with Crippen molar-refractivity contribution in [3.63, 3.8) is 0 Å². The molecule has 43 heavy (non-hydrogen) atoms. The van der Waals surface area contributed by atoms with Crippen LogP contribution in [0, 0.1) is 58.2 Å². The number of fused-ring (bicyclic) bond motifs is 7. The first kappa shape index (κ1) is 34.2. The topological polar surface area (TPSA) is 189 Å². The highest BCUT2D eigenvalue weighted by molar-refractivity contribution is 7.80. The molecular weight excluding hydrogens is 603 g/mol. The molecule has 0 amide bonds. The molecule has 4 aliphatic carbocycles. The van der Waals surface area contributed by atoms with Crippen molar-refractivity contribution in [2.45, 2.75) is 116 Å². The molecule has 1 heterocycles. The van der Waals surface area contributed by atoms with Crippen molar-refractivity contribution in [1.82, 2.24) is 0 Å². The molecule has 12 nitrogen and oxygen atoms in total. The molecule has 1 unspecified atom stereocenters. The van der Waals surface area contributed by atoms with E-state index in [2.05, 4.69) is 34.6 Å². The normalized spacial score (nSPS) is 52.0. The van der Waals surface area contributed by atoms with Gasteiger partial charge >= 0.3 is 18.2 Å². The maximum absolute atomic E-state index is 13.0. The molecular formula is C29H51O12PS. The summed E-state index contributed by atoms with van der Waals surface area (Å²) in [5.74, 6) is -1.43. The minimum Gasteiger partial charge on any atom is -0.390 e. The molecule has 5 fully saturated rings. The van der Waals surface area contributed by atoms with Gasteiger partial charge in [-0.1, -0.05) is 41.5 Å². The highest BCUT2D eigenvalue weighted by Gasteiger charge is 2.72. The summed E-state index contributed by atoms with van der Waals surface area (Å²) in [5, 5.41) is 34.8. The SMILES string of the molecule is COP(=O)(O)O[C@@H]1[C@H]2O[C@@H]([C@H](C)C(C)C)C[C@@H](C)[C@@H]2[C@@]2(C)CC[C@H]3[C@@H]([C@@H](O)[C@@H](O)[C@H]4[C@@H](O)[C@H](OS(=O)(=O)O)CC[C@@]43C)[C@H]12. The van der Waals surface area contributed by atoms with Crippen LogP contribution in [-0.4, -0.2) is 83.0 Å². The molecule has 5 aliphatic rings. The summed E-state index contributed by atoms with van der Waals surface area (Å²) < 4.78 is 67.7. The van der Waals surface area contributed by atoms with Gasteiger partial charge in [-0.05, 0) is 84.4 Å². The first-order valence-electron chi connectivity index (χ1n) is 15.7. The average molecular weight is 655 g/mol. The van der Waals surface area contributed by atoms with Crippen LogP contribution in [0.4, 0.5) is 0 Å². The standard InChI is InChI=1S/C29H51O12PS/c1-13(2)15(4)18-12-14(3)20-26(39-18)27(40-42(33,34)38-7)21-19-16(8-10-29(20,21)6)28(5)11-9-17(41-43(35,36)37)23(30)22(28)25(32)24(19)31/h13-27,30-32H,8-12H2,1-7H3,(H,33,34)(H,35,36,37)/t14-,15-,16+,17-,18-,19-,20+,21-,22-,23+,24-,25+,26+,27+,28-,29-/m1/s1. The Morgan fingerprint density at radius 2 is 1.58 bits per heavy atom. The monoisotopic (exact) mass is 654 g/mol. The Kier molecular flexibility index (Phi) is 9.14. The van der Waals surface area contributed by atoms with Gasteiger partial charge in [0.25, 0.3) is 0 Å². The lowest BCUT2D eigenvalue weighted by atomic mass is 9.42. The third kappa shape index (κ3) is 5.60. The van der Waals surface area contributed by atoms with Gasteiger partial charge in [-0.3, -0.25) is 13.6 Å². The molecule has 1 aliphatic heterocycles. The molecule has 0 bridgehead atoms. The lowest BCUT2D eigenvalue weighted by Crippen LogP contribution is -2.68. The lowest BCUT2D eigenvalue weighted by molar-refractivity contribution is -0.253. The highest BCUT2D eigenvalue weighted by Crippen LogP contribution is 2.71. The van der Waals surface area contributed by atoms with Crippen LogP contribution in [0.15, 0.2) is 0 Å². The summed E-state index contributed by atoms with van der Waals surface area (Å²) in [6.07, 6.45) is -4.31. The maximum atomic E-state index is 13.0. The predicted octanol–water partition coefficient (Wildman–Crippen LogP) is 3.18. The molecule has 14 heteroatoms. The third-order valence-electron chi connectivity index (χ3n) is 12.8. The second-order valence-corrected chi connectivity index (χ2v) is 17.6. The van der Waals surface area contributed by atoms with Gasteiger partial charge in [0.2, 0.25) is 0 Å². The van der Waals surface area contributed by atoms with E-state index in [9.17, 15) is 37.7 Å². The van der Waals surface area contributed by atoms with Gasteiger partial charge in [0.15, 0.2) is 0 Å². The van der Waals surface area contributed by atoms with Crippen LogP contribution in [0.25, 0.3) is 0 Å². The second-order valence-electron chi connectivity index (χ2n) is 15.1. The number of phosphoric acid groups is 1. The first-order valence-corrected chi connectivity index (χ1v) is 18.6. The fourth-order valence-corrected chi connectivity index (χ4v) is 11.8. The van der Waals surface area contributed by atoms with Gasteiger partial charge in [-0.2, -0.15) is 8.42 Å². The van der Waals surface area contributed by atoms with Crippen molar-refractivity contribution < 1.29 is 55.7 Å². The van der Waals surface area contributed by atoms with Crippen LogP contribution in [0.5, 0.6) is 0 Å². The minimum atomic E-state index is -4.85. The molecule has 0 radical (unpaired) electrons. The van der Waals surface area contributed by atoms with Crippen LogP contribution in [-0.2, 0) is 32.9 Å². The van der Waals surface area contributed by atoms with Crippen molar-refractivity contribution in [1.29, 1.82) is 0 Å². The van der Waals surface area contributed by atoms with Crippen LogP contribution in [0.2, 0.25) is 0 Å². The van der Waals surface area contributed by atoms with E-state index < -0.39 is 83.4 Å². The van der Waals surface area contributed by atoms with E-state index in [0.29, 0.717) is 25.2 Å². The van der Waals surface area contributed by atoms with Gasteiger partial charge in [-0.15, -0.1) is 0 Å². The van der Waals surface area contributed by atoms with Gasteiger partial charge in [-0.25, -0.2) is 8.75 Å². The summed E-state index contributed by atoms with van der Waals surface area (Å²) in [4.78, 5) is 10.6. The van der Waals surface area contributed by atoms with Crippen molar-refractivity contribution in [3.05, 3.63) is 0 Å². The molecule has 4 saturated carbocycles. The molecule has 1 saturated heterocycles. The average Bonchev–Trinajstić information content (AvgIpc) is 3.15.